The lowest BCUT2D eigenvalue weighted by Gasteiger charge is -2.52. The Kier molecular flexibility index (Phi) is 24.4. The van der Waals surface area contributed by atoms with Crippen LogP contribution in [0.5, 0.6) is 0 Å². The topological polar surface area (TPSA) is 115 Å². The maximum Gasteiger partial charge on any atom is 0.362 e. The maximum atomic E-state index is 12.6. The second-order valence-corrected chi connectivity index (χ2v) is 12.3. The standard InChI is InChI=1S/C35H65NO6/c1-5-9-10-11-12-13-14-15-16-17-18-19-20-21-22-23-24-25-29-36(30(26-6-2)33(37)38,31(27-7-3)34(39)40)32(28-8-4)35(41)42/h22-23,30-32H,5-21,24-29H2,1-4H3,(H2-,37,38,39,40,41,42)/b23-22+. The van der Waals surface area contributed by atoms with Crippen molar-refractivity contribution in [1.29, 1.82) is 0 Å². The van der Waals surface area contributed by atoms with Crippen molar-refractivity contribution in [2.75, 3.05) is 6.54 Å². The zero-order chi connectivity index (χ0) is 31.6. The van der Waals surface area contributed by atoms with Crippen LogP contribution in [0.1, 0.15) is 169 Å². The quantitative estimate of drug-likeness (QED) is 0.0493. The number of carbonyl (C=O) groups excluding carboxylic acids is 1. The molecule has 0 aliphatic rings. The fraction of sp³-hybridized carbons (Fsp3) is 0.857. The molecule has 0 radical (unpaired) electrons. The summed E-state index contributed by atoms with van der Waals surface area (Å²) in [6.07, 6.45) is 25.9. The molecule has 0 heterocycles. The van der Waals surface area contributed by atoms with Gasteiger partial charge in [0.05, 0.1) is 12.5 Å². The van der Waals surface area contributed by atoms with Crippen LogP contribution < -0.4 is 5.11 Å². The first-order valence-corrected chi connectivity index (χ1v) is 17.4. The second kappa shape index (κ2) is 25.6. The van der Waals surface area contributed by atoms with Crippen molar-refractivity contribution < 1.29 is 34.2 Å². The number of carboxylic acids is 3. The Labute approximate surface area is 257 Å². The molecule has 0 aromatic carbocycles. The SMILES string of the molecule is CCCCCCCCCCCCCCC/C=C/CCC[N+](C(CCC)C(=O)[O-])(C(CCC)C(=O)O)C(CCC)C(=O)O. The van der Waals surface area contributed by atoms with Crippen LogP contribution in [0.15, 0.2) is 12.2 Å². The van der Waals surface area contributed by atoms with E-state index in [0.29, 0.717) is 32.1 Å². The van der Waals surface area contributed by atoms with Crippen LogP contribution in [-0.2, 0) is 14.4 Å². The average Bonchev–Trinajstić information content (AvgIpc) is 2.95. The number of allylic oxidation sites excluding steroid dienone is 2. The lowest BCUT2D eigenvalue weighted by Crippen LogP contribution is -2.74. The van der Waals surface area contributed by atoms with Gasteiger partial charge in [0, 0.05) is 25.7 Å². The summed E-state index contributed by atoms with van der Waals surface area (Å²) in [7, 11) is 0. The summed E-state index contributed by atoms with van der Waals surface area (Å²) >= 11 is 0. The molecule has 0 rings (SSSR count). The fourth-order valence-electron chi connectivity index (χ4n) is 6.63. The number of hydrogen-bond donors (Lipinski definition) is 2. The van der Waals surface area contributed by atoms with Crippen molar-refractivity contribution in [2.24, 2.45) is 0 Å². The highest BCUT2D eigenvalue weighted by molar-refractivity contribution is 5.77. The lowest BCUT2D eigenvalue weighted by atomic mass is 9.91. The lowest BCUT2D eigenvalue weighted by molar-refractivity contribution is -0.975. The molecule has 0 bridgehead atoms. The first-order valence-electron chi connectivity index (χ1n) is 17.4. The molecule has 42 heavy (non-hydrogen) atoms. The van der Waals surface area contributed by atoms with Gasteiger partial charge in [0.2, 0.25) is 0 Å². The van der Waals surface area contributed by atoms with Gasteiger partial charge in [-0.3, -0.25) is 4.48 Å². The number of carbonyl (C=O) groups is 3. The zero-order valence-corrected chi connectivity index (χ0v) is 27.6. The predicted octanol–water partition coefficient (Wildman–Crippen LogP) is 8.05. The highest BCUT2D eigenvalue weighted by Gasteiger charge is 2.54. The molecular weight excluding hydrogens is 530 g/mol. The molecule has 7 nitrogen and oxygen atoms in total. The fourth-order valence-corrected chi connectivity index (χ4v) is 6.63. The van der Waals surface area contributed by atoms with E-state index in [4.69, 9.17) is 0 Å². The molecule has 7 heteroatoms. The van der Waals surface area contributed by atoms with E-state index < -0.39 is 40.5 Å². The number of rotatable bonds is 30. The maximum absolute atomic E-state index is 12.6. The summed E-state index contributed by atoms with van der Waals surface area (Å²) < 4.78 is -0.463. The first-order chi connectivity index (χ1) is 20.2. The summed E-state index contributed by atoms with van der Waals surface area (Å²) in [5.41, 5.74) is 0. The summed E-state index contributed by atoms with van der Waals surface area (Å²) in [6.45, 7) is 8.00. The molecule has 0 saturated heterocycles. The number of hydrogen-bond acceptors (Lipinski definition) is 4. The second-order valence-electron chi connectivity index (χ2n) is 12.3. The van der Waals surface area contributed by atoms with Crippen LogP contribution in [0.3, 0.4) is 0 Å². The molecule has 246 valence electrons. The van der Waals surface area contributed by atoms with Crippen molar-refractivity contribution in [3.8, 4) is 0 Å². The van der Waals surface area contributed by atoms with Gasteiger partial charge in [-0.05, 0) is 32.1 Å². The first kappa shape index (κ1) is 40.1. The average molecular weight is 596 g/mol. The zero-order valence-electron chi connectivity index (χ0n) is 27.6. The number of quaternary nitrogens is 1. The molecule has 0 amide bonds. The van der Waals surface area contributed by atoms with Crippen LogP contribution >= 0.6 is 0 Å². The number of aliphatic carboxylic acids is 3. The third kappa shape index (κ3) is 15.5. The molecule has 3 atom stereocenters. The van der Waals surface area contributed by atoms with Crippen LogP contribution in [0.2, 0.25) is 0 Å². The van der Waals surface area contributed by atoms with E-state index in [1.165, 1.54) is 77.0 Å². The third-order valence-corrected chi connectivity index (χ3v) is 8.83. The Morgan fingerprint density at radius 2 is 0.905 bits per heavy atom. The number of carboxylic acid groups (broad SMARTS) is 3. The van der Waals surface area contributed by atoms with E-state index >= 15 is 0 Å². The minimum absolute atomic E-state index is 0.190. The van der Waals surface area contributed by atoms with E-state index in [2.05, 4.69) is 19.1 Å². The number of unbranched alkanes of at least 4 members (excludes halogenated alkanes) is 14. The van der Waals surface area contributed by atoms with Gasteiger partial charge >= 0.3 is 11.9 Å². The molecule has 0 fully saturated rings. The van der Waals surface area contributed by atoms with E-state index in [1.807, 2.05) is 20.8 Å². The molecule has 0 spiro atoms. The highest BCUT2D eigenvalue weighted by atomic mass is 16.4. The third-order valence-electron chi connectivity index (χ3n) is 8.83. The minimum atomic E-state index is -1.35. The Balaban J connectivity index is 4.99. The molecule has 0 aliphatic heterocycles. The van der Waals surface area contributed by atoms with Crippen LogP contribution in [-0.4, -0.2) is 57.3 Å². The summed E-state index contributed by atoms with van der Waals surface area (Å²) in [4.78, 5) is 37.6. The normalized spacial score (nSPS) is 15.3. The molecule has 2 N–H and O–H groups in total. The van der Waals surface area contributed by atoms with Crippen molar-refractivity contribution >= 4 is 17.9 Å². The predicted molar refractivity (Wildman–Crippen MR) is 170 cm³/mol. The van der Waals surface area contributed by atoms with Crippen LogP contribution in [0.4, 0.5) is 0 Å². The van der Waals surface area contributed by atoms with Gasteiger partial charge < -0.3 is 20.1 Å². The Hall–Kier alpha value is -1.89. The van der Waals surface area contributed by atoms with Gasteiger partial charge in [-0.2, -0.15) is 0 Å². The van der Waals surface area contributed by atoms with E-state index in [0.717, 1.165) is 12.8 Å². The van der Waals surface area contributed by atoms with Crippen LogP contribution in [0.25, 0.3) is 0 Å². The van der Waals surface area contributed by atoms with Gasteiger partial charge in [0.15, 0.2) is 12.1 Å². The van der Waals surface area contributed by atoms with E-state index in [-0.39, 0.29) is 25.8 Å². The molecule has 0 aromatic rings. The Morgan fingerprint density at radius 1 is 0.548 bits per heavy atom. The van der Waals surface area contributed by atoms with Crippen LogP contribution in [0, 0.1) is 0 Å². The van der Waals surface area contributed by atoms with Crippen molar-refractivity contribution in [1.82, 2.24) is 0 Å². The molecule has 0 aliphatic carbocycles. The van der Waals surface area contributed by atoms with Gasteiger partial charge in [0.1, 0.15) is 6.04 Å². The smallest absolute Gasteiger partial charge is 0.362 e. The number of nitrogens with zero attached hydrogens (tertiary/aromatic N) is 1. The molecule has 0 saturated carbocycles. The van der Waals surface area contributed by atoms with Crippen molar-refractivity contribution in [2.45, 2.75) is 187 Å². The summed E-state index contributed by atoms with van der Waals surface area (Å²) in [5, 5.41) is 33.0. The largest absolute Gasteiger partial charge is 0.544 e. The summed E-state index contributed by atoms with van der Waals surface area (Å²) in [6, 6.07) is -3.39. The molecule has 3 unspecified atom stereocenters. The van der Waals surface area contributed by atoms with Gasteiger partial charge in [-0.1, -0.05) is 123 Å². The monoisotopic (exact) mass is 595 g/mol. The molecule has 0 aromatic heterocycles. The Bertz CT molecular complexity index is 677. The van der Waals surface area contributed by atoms with Gasteiger partial charge in [0.25, 0.3) is 0 Å². The van der Waals surface area contributed by atoms with Crippen molar-refractivity contribution in [3.05, 3.63) is 12.2 Å². The van der Waals surface area contributed by atoms with E-state index in [9.17, 15) is 29.7 Å². The van der Waals surface area contributed by atoms with Gasteiger partial charge in [-0.15, -0.1) is 0 Å². The Morgan fingerprint density at radius 3 is 1.26 bits per heavy atom. The van der Waals surface area contributed by atoms with E-state index in [1.54, 1.807) is 0 Å². The minimum Gasteiger partial charge on any atom is -0.544 e. The molecular formula is C35H65NO6. The highest BCUT2D eigenvalue weighted by Crippen LogP contribution is 2.34. The summed E-state index contributed by atoms with van der Waals surface area (Å²) in [5.74, 6) is -3.60. The van der Waals surface area contributed by atoms with Gasteiger partial charge in [-0.25, -0.2) is 9.59 Å². The van der Waals surface area contributed by atoms with Crippen molar-refractivity contribution in [3.63, 3.8) is 0 Å².